The highest BCUT2D eigenvalue weighted by Gasteiger charge is 2.16. The van der Waals surface area contributed by atoms with Gasteiger partial charge in [0.25, 0.3) is 0 Å². The van der Waals surface area contributed by atoms with Crippen molar-refractivity contribution in [1.29, 1.82) is 0 Å². The average molecular weight is 328 g/mol. The van der Waals surface area contributed by atoms with Gasteiger partial charge in [-0.05, 0) is 13.1 Å². The van der Waals surface area contributed by atoms with E-state index < -0.39 is 0 Å². The molecule has 1 aromatic carbocycles. The van der Waals surface area contributed by atoms with Gasteiger partial charge in [-0.25, -0.2) is 0 Å². The standard InChI is InChI=1S/C16H25N3O2.ClH/c1-18(13-14-5-3-4-6-15(14)21-2)10-7-16(20)19-11-8-17-9-12-19;/h3-6,17H,7-13H2,1-2H3;1H. The van der Waals surface area contributed by atoms with E-state index in [1.165, 1.54) is 0 Å². The van der Waals surface area contributed by atoms with Crippen molar-refractivity contribution in [2.45, 2.75) is 13.0 Å². The molecule has 1 amide bonds. The molecule has 1 aliphatic heterocycles. The molecule has 124 valence electrons. The first-order valence-electron chi connectivity index (χ1n) is 7.49. The van der Waals surface area contributed by atoms with Crippen LogP contribution >= 0.6 is 12.4 Å². The van der Waals surface area contributed by atoms with Gasteiger partial charge >= 0.3 is 0 Å². The van der Waals surface area contributed by atoms with Crippen molar-refractivity contribution in [3.05, 3.63) is 29.8 Å². The normalized spacial score (nSPS) is 14.6. The van der Waals surface area contributed by atoms with Gasteiger partial charge in [0, 0.05) is 51.3 Å². The predicted octanol–water partition coefficient (Wildman–Crippen LogP) is 1.37. The molecule has 1 aliphatic rings. The van der Waals surface area contributed by atoms with Crippen molar-refractivity contribution >= 4 is 18.3 Å². The average Bonchev–Trinajstić information content (AvgIpc) is 2.54. The van der Waals surface area contributed by atoms with Crippen LogP contribution in [0.5, 0.6) is 5.75 Å². The Kier molecular flexibility index (Phi) is 8.24. The molecule has 0 saturated carbocycles. The first kappa shape index (κ1) is 18.7. The SMILES string of the molecule is COc1ccccc1CN(C)CCC(=O)N1CCNCC1.Cl. The third kappa shape index (κ3) is 5.48. The number of nitrogens with zero attached hydrogens (tertiary/aromatic N) is 2. The van der Waals surface area contributed by atoms with Gasteiger partial charge in [0.05, 0.1) is 7.11 Å². The van der Waals surface area contributed by atoms with Crippen LogP contribution in [0.4, 0.5) is 0 Å². The summed E-state index contributed by atoms with van der Waals surface area (Å²) in [5.41, 5.74) is 1.15. The Hall–Kier alpha value is -1.30. The minimum absolute atomic E-state index is 0. The Balaban J connectivity index is 0.00000242. The fraction of sp³-hybridized carbons (Fsp3) is 0.562. The highest BCUT2D eigenvalue weighted by atomic mass is 35.5. The Morgan fingerprint density at radius 3 is 2.68 bits per heavy atom. The van der Waals surface area contributed by atoms with Gasteiger partial charge in [-0.2, -0.15) is 0 Å². The maximum atomic E-state index is 12.1. The number of carbonyl (C=O) groups is 1. The van der Waals surface area contributed by atoms with E-state index in [2.05, 4.69) is 16.3 Å². The van der Waals surface area contributed by atoms with Crippen LogP contribution in [0.25, 0.3) is 0 Å². The van der Waals surface area contributed by atoms with Crippen LogP contribution < -0.4 is 10.1 Å². The highest BCUT2D eigenvalue weighted by Crippen LogP contribution is 2.18. The molecule has 0 radical (unpaired) electrons. The maximum Gasteiger partial charge on any atom is 0.223 e. The Labute approximate surface area is 139 Å². The maximum absolute atomic E-state index is 12.1. The van der Waals surface area contributed by atoms with Gasteiger partial charge in [-0.3, -0.25) is 4.79 Å². The third-order valence-corrected chi connectivity index (χ3v) is 3.81. The number of hydrogen-bond donors (Lipinski definition) is 1. The van der Waals surface area contributed by atoms with E-state index in [0.717, 1.165) is 50.6 Å². The predicted molar refractivity (Wildman–Crippen MR) is 90.6 cm³/mol. The number of piperazine rings is 1. The number of rotatable bonds is 6. The molecule has 1 fully saturated rings. The van der Waals surface area contributed by atoms with Crippen molar-refractivity contribution in [3.8, 4) is 5.75 Å². The second-order valence-corrected chi connectivity index (χ2v) is 5.43. The molecular weight excluding hydrogens is 302 g/mol. The second-order valence-electron chi connectivity index (χ2n) is 5.43. The summed E-state index contributed by atoms with van der Waals surface area (Å²) in [7, 11) is 3.73. The molecule has 1 aromatic rings. The minimum Gasteiger partial charge on any atom is -0.496 e. The first-order valence-corrected chi connectivity index (χ1v) is 7.49. The van der Waals surface area contributed by atoms with Gasteiger partial charge in [0.1, 0.15) is 5.75 Å². The molecule has 1 heterocycles. The molecular formula is C16H26ClN3O2. The topological polar surface area (TPSA) is 44.8 Å². The second kappa shape index (κ2) is 9.66. The fourth-order valence-electron chi connectivity index (χ4n) is 2.56. The van der Waals surface area contributed by atoms with Crippen LogP contribution in [-0.2, 0) is 11.3 Å². The zero-order chi connectivity index (χ0) is 15.1. The quantitative estimate of drug-likeness (QED) is 0.857. The summed E-state index contributed by atoms with van der Waals surface area (Å²) in [5, 5.41) is 3.26. The summed E-state index contributed by atoms with van der Waals surface area (Å²) in [5.74, 6) is 1.15. The van der Waals surface area contributed by atoms with Crippen molar-refractivity contribution in [2.75, 3.05) is 46.9 Å². The number of halogens is 1. The zero-order valence-electron chi connectivity index (χ0n) is 13.4. The number of ether oxygens (including phenoxy) is 1. The van der Waals surface area contributed by atoms with Crippen molar-refractivity contribution in [1.82, 2.24) is 15.1 Å². The van der Waals surface area contributed by atoms with E-state index in [1.807, 2.05) is 30.1 Å². The van der Waals surface area contributed by atoms with Crippen LogP contribution in [-0.4, -0.2) is 62.6 Å². The number of amides is 1. The van der Waals surface area contributed by atoms with Crippen LogP contribution in [0.3, 0.4) is 0 Å². The molecule has 22 heavy (non-hydrogen) atoms. The number of methoxy groups -OCH3 is 1. The Morgan fingerprint density at radius 2 is 2.00 bits per heavy atom. The minimum atomic E-state index is 0. The monoisotopic (exact) mass is 327 g/mol. The molecule has 1 saturated heterocycles. The molecule has 0 aromatic heterocycles. The van der Waals surface area contributed by atoms with Crippen LogP contribution in [0, 0.1) is 0 Å². The van der Waals surface area contributed by atoms with E-state index in [1.54, 1.807) is 7.11 Å². The van der Waals surface area contributed by atoms with Crippen molar-refractivity contribution in [3.63, 3.8) is 0 Å². The summed E-state index contributed by atoms with van der Waals surface area (Å²) in [4.78, 5) is 16.2. The van der Waals surface area contributed by atoms with Gasteiger partial charge in [0.15, 0.2) is 0 Å². The molecule has 5 nitrogen and oxygen atoms in total. The summed E-state index contributed by atoms with van der Waals surface area (Å²) in [6.07, 6.45) is 0.575. The lowest BCUT2D eigenvalue weighted by Crippen LogP contribution is -2.47. The van der Waals surface area contributed by atoms with Gasteiger partial charge in [-0.1, -0.05) is 18.2 Å². The molecule has 0 aliphatic carbocycles. The lowest BCUT2D eigenvalue weighted by Gasteiger charge is -2.28. The summed E-state index contributed by atoms with van der Waals surface area (Å²) in [6, 6.07) is 8.01. The summed E-state index contributed by atoms with van der Waals surface area (Å²) in [6.45, 7) is 5.02. The van der Waals surface area contributed by atoms with Crippen LogP contribution in [0.1, 0.15) is 12.0 Å². The van der Waals surface area contributed by atoms with Crippen molar-refractivity contribution in [2.24, 2.45) is 0 Å². The van der Waals surface area contributed by atoms with Crippen molar-refractivity contribution < 1.29 is 9.53 Å². The molecule has 0 unspecified atom stereocenters. The highest BCUT2D eigenvalue weighted by molar-refractivity contribution is 5.85. The molecule has 6 heteroatoms. The molecule has 0 bridgehead atoms. The fourth-order valence-corrected chi connectivity index (χ4v) is 2.56. The smallest absolute Gasteiger partial charge is 0.223 e. The summed E-state index contributed by atoms with van der Waals surface area (Å²) >= 11 is 0. The molecule has 1 N–H and O–H groups in total. The molecule has 0 atom stereocenters. The number of para-hydroxylation sites is 1. The number of nitrogens with one attached hydrogen (secondary N) is 1. The van der Waals surface area contributed by atoms with Crippen LogP contribution in [0.2, 0.25) is 0 Å². The lowest BCUT2D eigenvalue weighted by molar-refractivity contribution is -0.132. The molecule has 2 rings (SSSR count). The van der Waals surface area contributed by atoms with E-state index >= 15 is 0 Å². The number of benzene rings is 1. The lowest BCUT2D eigenvalue weighted by atomic mass is 10.2. The first-order chi connectivity index (χ1) is 10.2. The van der Waals surface area contributed by atoms with E-state index in [4.69, 9.17) is 4.74 Å². The van der Waals surface area contributed by atoms with E-state index in [0.29, 0.717) is 6.42 Å². The van der Waals surface area contributed by atoms with Crippen LogP contribution in [0.15, 0.2) is 24.3 Å². The molecule has 0 spiro atoms. The van der Waals surface area contributed by atoms with Gasteiger partial charge in [0.2, 0.25) is 5.91 Å². The van der Waals surface area contributed by atoms with Gasteiger partial charge < -0.3 is 19.9 Å². The Morgan fingerprint density at radius 1 is 1.32 bits per heavy atom. The number of carbonyl (C=O) groups excluding carboxylic acids is 1. The number of hydrogen-bond acceptors (Lipinski definition) is 4. The largest absolute Gasteiger partial charge is 0.496 e. The zero-order valence-corrected chi connectivity index (χ0v) is 14.2. The Bertz CT molecular complexity index is 464. The summed E-state index contributed by atoms with van der Waals surface area (Å²) < 4.78 is 5.36. The third-order valence-electron chi connectivity index (χ3n) is 3.81. The van der Waals surface area contributed by atoms with Gasteiger partial charge in [-0.15, -0.1) is 12.4 Å². The van der Waals surface area contributed by atoms with E-state index in [-0.39, 0.29) is 18.3 Å². The van der Waals surface area contributed by atoms with E-state index in [9.17, 15) is 4.79 Å².